The van der Waals surface area contributed by atoms with Crippen LogP contribution in [0.4, 0.5) is 0 Å². The lowest BCUT2D eigenvalue weighted by Gasteiger charge is -2.23. The van der Waals surface area contributed by atoms with Crippen molar-refractivity contribution in [1.29, 1.82) is 0 Å². The van der Waals surface area contributed by atoms with Crippen molar-refractivity contribution in [3.05, 3.63) is 46.7 Å². The molecule has 0 aliphatic carbocycles. The molecule has 2 heterocycles. The summed E-state index contributed by atoms with van der Waals surface area (Å²) in [5, 5.41) is 4.88. The molecule has 0 spiro atoms. The zero-order chi connectivity index (χ0) is 15.6. The Morgan fingerprint density at radius 3 is 2.45 bits per heavy atom. The van der Waals surface area contributed by atoms with Crippen LogP contribution in [0, 0.1) is 0 Å². The van der Waals surface area contributed by atoms with Gasteiger partial charge in [-0.3, -0.25) is 4.79 Å². The molecule has 0 radical (unpaired) electrons. The summed E-state index contributed by atoms with van der Waals surface area (Å²) in [5.74, 6) is 0.208. The van der Waals surface area contributed by atoms with Gasteiger partial charge in [-0.2, -0.15) is 0 Å². The quantitative estimate of drug-likeness (QED) is 0.938. The normalized spacial score (nSPS) is 18.0. The highest BCUT2D eigenvalue weighted by atomic mass is 32.2. The first-order valence-corrected chi connectivity index (χ1v) is 9.89. The van der Waals surface area contributed by atoms with Crippen LogP contribution in [0.3, 0.4) is 0 Å². The molecular formula is C16H17NO3S2. The van der Waals surface area contributed by atoms with Gasteiger partial charge >= 0.3 is 0 Å². The fourth-order valence-corrected chi connectivity index (χ4v) is 4.93. The van der Waals surface area contributed by atoms with Crippen LogP contribution in [0.15, 0.2) is 41.8 Å². The molecule has 0 unspecified atom stereocenters. The van der Waals surface area contributed by atoms with E-state index < -0.39 is 9.84 Å². The van der Waals surface area contributed by atoms with Crippen molar-refractivity contribution < 1.29 is 13.2 Å². The summed E-state index contributed by atoms with van der Waals surface area (Å²) in [4.78, 5) is 13.2. The Morgan fingerprint density at radius 1 is 1.09 bits per heavy atom. The first-order chi connectivity index (χ1) is 10.6. The molecule has 1 amide bonds. The van der Waals surface area contributed by atoms with Crippen molar-refractivity contribution in [2.24, 2.45) is 0 Å². The first kappa shape index (κ1) is 15.2. The lowest BCUT2D eigenvalue weighted by atomic mass is 10.1. The fraction of sp³-hybridized carbons (Fsp3) is 0.312. The molecule has 1 aromatic carbocycles. The van der Waals surface area contributed by atoms with Gasteiger partial charge in [0, 0.05) is 11.6 Å². The monoisotopic (exact) mass is 335 g/mol. The number of nitrogens with one attached hydrogen (secondary N) is 1. The Balaban J connectivity index is 1.73. The number of thiophene rings is 1. The van der Waals surface area contributed by atoms with Crippen LogP contribution >= 0.6 is 11.3 Å². The number of carbonyl (C=O) groups excluding carboxylic acids is 1. The Hall–Kier alpha value is -1.66. The molecule has 0 bridgehead atoms. The summed E-state index contributed by atoms with van der Waals surface area (Å²) in [6.07, 6.45) is 1.00. The van der Waals surface area contributed by atoms with Crippen molar-refractivity contribution in [1.82, 2.24) is 5.32 Å². The third-order valence-corrected chi connectivity index (χ3v) is 6.47. The Labute approximate surface area is 134 Å². The first-order valence-electron chi connectivity index (χ1n) is 7.19. The third-order valence-electron chi connectivity index (χ3n) is 3.85. The molecule has 0 atom stereocenters. The molecule has 1 saturated heterocycles. The lowest BCUT2D eigenvalue weighted by molar-refractivity contribution is 0.0939. The number of carbonyl (C=O) groups is 1. The molecule has 1 aliphatic rings. The minimum Gasteiger partial charge on any atom is -0.349 e. The van der Waals surface area contributed by atoms with Crippen LogP contribution in [-0.4, -0.2) is 31.9 Å². The number of amides is 1. The zero-order valence-electron chi connectivity index (χ0n) is 12.0. The predicted molar refractivity (Wildman–Crippen MR) is 88.9 cm³/mol. The number of hydrogen-bond acceptors (Lipinski definition) is 4. The van der Waals surface area contributed by atoms with Crippen LogP contribution in [0.25, 0.3) is 11.1 Å². The lowest BCUT2D eigenvalue weighted by Crippen LogP contribution is -2.40. The highest BCUT2D eigenvalue weighted by Crippen LogP contribution is 2.28. The van der Waals surface area contributed by atoms with Crippen LogP contribution in [-0.2, 0) is 9.84 Å². The Bertz CT molecular complexity index is 752. The van der Waals surface area contributed by atoms with Crippen molar-refractivity contribution in [2.45, 2.75) is 18.9 Å². The van der Waals surface area contributed by atoms with Crippen molar-refractivity contribution in [3.8, 4) is 11.1 Å². The largest absolute Gasteiger partial charge is 0.349 e. The number of hydrogen-bond donors (Lipinski definition) is 1. The van der Waals surface area contributed by atoms with E-state index in [0.717, 1.165) is 11.1 Å². The second kappa shape index (κ2) is 6.22. The van der Waals surface area contributed by atoms with Crippen LogP contribution < -0.4 is 5.32 Å². The maximum absolute atomic E-state index is 12.5. The highest BCUT2D eigenvalue weighted by Gasteiger charge is 2.26. The van der Waals surface area contributed by atoms with E-state index in [1.165, 1.54) is 11.3 Å². The van der Waals surface area contributed by atoms with Gasteiger partial charge in [-0.1, -0.05) is 30.3 Å². The topological polar surface area (TPSA) is 63.2 Å². The smallest absolute Gasteiger partial charge is 0.262 e. The van der Waals surface area contributed by atoms with E-state index in [1.54, 1.807) is 0 Å². The minimum atomic E-state index is -2.91. The zero-order valence-corrected chi connectivity index (χ0v) is 13.6. The fourth-order valence-electron chi connectivity index (χ4n) is 2.62. The van der Waals surface area contributed by atoms with Gasteiger partial charge in [0.15, 0.2) is 0 Å². The van der Waals surface area contributed by atoms with E-state index in [-0.39, 0.29) is 23.5 Å². The molecule has 2 aromatic rings. The maximum atomic E-state index is 12.5. The van der Waals surface area contributed by atoms with Crippen LogP contribution in [0.2, 0.25) is 0 Å². The van der Waals surface area contributed by atoms with Gasteiger partial charge in [-0.05, 0) is 29.9 Å². The highest BCUT2D eigenvalue weighted by molar-refractivity contribution is 7.91. The van der Waals surface area contributed by atoms with E-state index in [2.05, 4.69) is 5.32 Å². The Morgan fingerprint density at radius 2 is 1.77 bits per heavy atom. The minimum absolute atomic E-state index is 0.0539. The van der Waals surface area contributed by atoms with Crippen LogP contribution in [0.1, 0.15) is 22.5 Å². The van der Waals surface area contributed by atoms with Crippen molar-refractivity contribution in [2.75, 3.05) is 11.5 Å². The van der Waals surface area contributed by atoms with Crippen molar-refractivity contribution >= 4 is 27.1 Å². The third kappa shape index (κ3) is 3.39. The maximum Gasteiger partial charge on any atom is 0.262 e. The van der Waals surface area contributed by atoms with Gasteiger partial charge < -0.3 is 5.32 Å². The number of rotatable bonds is 3. The number of sulfone groups is 1. The van der Waals surface area contributed by atoms with Gasteiger partial charge in [0.2, 0.25) is 0 Å². The molecule has 116 valence electrons. The van der Waals surface area contributed by atoms with Gasteiger partial charge in [0.05, 0.1) is 16.4 Å². The summed E-state index contributed by atoms with van der Waals surface area (Å²) in [6, 6.07) is 11.7. The summed E-state index contributed by atoms with van der Waals surface area (Å²) in [6.45, 7) is 0. The molecular weight excluding hydrogens is 318 g/mol. The van der Waals surface area contributed by atoms with E-state index in [9.17, 15) is 13.2 Å². The van der Waals surface area contributed by atoms with E-state index in [1.807, 2.05) is 41.8 Å². The van der Waals surface area contributed by atoms with Gasteiger partial charge in [-0.25, -0.2) is 8.42 Å². The second-order valence-electron chi connectivity index (χ2n) is 5.43. The molecule has 1 aromatic heterocycles. The van der Waals surface area contributed by atoms with E-state index in [0.29, 0.717) is 17.7 Å². The van der Waals surface area contributed by atoms with Gasteiger partial charge in [0.1, 0.15) is 9.84 Å². The summed E-state index contributed by atoms with van der Waals surface area (Å²) in [5.41, 5.74) is 1.94. The molecule has 3 rings (SSSR count). The average molecular weight is 335 g/mol. The predicted octanol–water partition coefficient (Wildman–Crippen LogP) is 2.72. The SMILES string of the molecule is O=C(NC1CCS(=O)(=O)CC1)c1sccc1-c1ccccc1. The average Bonchev–Trinajstić information content (AvgIpc) is 3.00. The van der Waals surface area contributed by atoms with Gasteiger partial charge in [-0.15, -0.1) is 11.3 Å². The molecule has 1 fully saturated rings. The Kier molecular flexibility index (Phi) is 4.31. The summed E-state index contributed by atoms with van der Waals surface area (Å²) in [7, 11) is -2.91. The van der Waals surface area contributed by atoms with E-state index in [4.69, 9.17) is 0 Å². The standard InChI is InChI=1S/C16H17NO3S2/c18-16(17-13-7-10-22(19,20)11-8-13)15-14(6-9-21-15)12-4-2-1-3-5-12/h1-6,9,13H,7-8,10-11H2,(H,17,18). The van der Waals surface area contributed by atoms with E-state index >= 15 is 0 Å². The summed E-state index contributed by atoms with van der Waals surface area (Å²) >= 11 is 1.41. The van der Waals surface area contributed by atoms with Crippen molar-refractivity contribution in [3.63, 3.8) is 0 Å². The molecule has 1 N–H and O–H groups in total. The number of benzene rings is 1. The molecule has 1 aliphatic heterocycles. The molecule has 6 heteroatoms. The molecule has 22 heavy (non-hydrogen) atoms. The second-order valence-corrected chi connectivity index (χ2v) is 8.65. The molecule has 4 nitrogen and oxygen atoms in total. The summed E-state index contributed by atoms with van der Waals surface area (Å²) < 4.78 is 22.9. The van der Waals surface area contributed by atoms with Gasteiger partial charge in [0.25, 0.3) is 5.91 Å². The molecule has 0 saturated carbocycles. The van der Waals surface area contributed by atoms with Crippen LogP contribution in [0.5, 0.6) is 0 Å².